The normalized spacial score (nSPS) is 14.4. The maximum absolute atomic E-state index is 12.2. The smallest absolute Gasteiger partial charge is 0.254 e. The van der Waals surface area contributed by atoms with Gasteiger partial charge >= 0.3 is 0 Å². The zero-order valence-corrected chi connectivity index (χ0v) is 15.1. The van der Waals surface area contributed by atoms with Gasteiger partial charge in [-0.25, -0.2) is 4.68 Å². The van der Waals surface area contributed by atoms with Crippen LogP contribution in [0.4, 0.5) is 0 Å². The Bertz CT molecular complexity index is 785. The number of nitrogens with zero attached hydrogens (tertiary/aromatic N) is 3. The van der Waals surface area contributed by atoms with Crippen LogP contribution in [0.5, 0.6) is 0 Å². The van der Waals surface area contributed by atoms with E-state index < -0.39 is 0 Å². The van der Waals surface area contributed by atoms with E-state index in [1.165, 1.54) is 10.9 Å². The number of benzene rings is 1. The lowest BCUT2D eigenvalue weighted by Gasteiger charge is -2.26. The number of likely N-dealkylation sites (tertiary alicyclic amines) is 1. The summed E-state index contributed by atoms with van der Waals surface area (Å²) in [5.74, 6) is -0.400. The van der Waals surface area contributed by atoms with Crippen LogP contribution < -0.4 is 5.32 Å². The molecule has 0 spiro atoms. The van der Waals surface area contributed by atoms with E-state index in [1.54, 1.807) is 29.3 Å². The first kappa shape index (κ1) is 17.8. The first-order valence-corrected chi connectivity index (χ1v) is 8.86. The first-order valence-electron chi connectivity index (χ1n) is 8.10. The van der Waals surface area contributed by atoms with E-state index in [9.17, 15) is 9.59 Å². The number of rotatable bonds is 4. The number of hydrogen-bond donors (Lipinski definition) is 1. The van der Waals surface area contributed by atoms with Crippen molar-refractivity contribution in [2.75, 3.05) is 19.6 Å². The van der Waals surface area contributed by atoms with Gasteiger partial charge in [-0.1, -0.05) is 23.2 Å². The van der Waals surface area contributed by atoms with Gasteiger partial charge in [0.2, 0.25) is 5.91 Å². The third-order valence-corrected chi connectivity index (χ3v) is 4.65. The summed E-state index contributed by atoms with van der Waals surface area (Å²) in [4.78, 5) is 26.1. The predicted molar refractivity (Wildman–Crippen MR) is 96.3 cm³/mol. The molecule has 25 heavy (non-hydrogen) atoms. The average Bonchev–Trinajstić information content (AvgIpc) is 3.10. The second-order valence-corrected chi connectivity index (χ2v) is 6.74. The summed E-state index contributed by atoms with van der Waals surface area (Å²) in [6.45, 7) is 1.52. The summed E-state index contributed by atoms with van der Waals surface area (Å²) < 4.78 is 1.50. The molecule has 1 fully saturated rings. The summed E-state index contributed by atoms with van der Waals surface area (Å²) in [5.41, 5.74) is 0.979. The fraction of sp³-hybridized carbons (Fsp3) is 0.353. The summed E-state index contributed by atoms with van der Waals surface area (Å²) >= 11 is 12.0. The van der Waals surface area contributed by atoms with Crippen LogP contribution in [-0.2, 0) is 4.79 Å². The van der Waals surface area contributed by atoms with E-state index in [0.29, 0.717) is 21.3 Å². The van der Waals surface area contributed by atoms with Gasteiger partial charge in [-0.3, -0.25) is 9.59 Å². The highest BCUT2D eigenvalue weighted by Gasteiger charge is 2.18. The van der Waals surface area contributed by atoms with E-state index in [1.807, 2.05) is 0 Å². The van der Waals surface area contributed by atoms with Crippen LogP contribution in [-0.4, -0.2) is 46.1 Å². The molecule has 0 aliphatic carbocycles. The van der Waals surface area contributed by atoms with Crippen molar-refractivity contribution < 1.29 is 9.59 Å². The maximum atomic E-state index is 12.2. The molecule has 2 amide bonds. The van der Waals surface area contributed by atoms with Crippen LogP contribution >= 0.6 is 23.2 Å². The lowest BCUT2D eigenvalue weighted by molar-refractivity contribution is -0.130. The predicted octanol–water partition coefficient (Wildman–Crippen LogP) is 2.92. The number of piperidine rings is 1. The number of aromatic nitrogens is 2. The molecule has 0 saturated carbocycles. The lowest BCUT2D eigenvalue weighted by Crippen LogP contribution is -2.42. The van der Waals surface area contributed by atoms with Crippen LogP contribution in [0.1, 0.15) is 29.6 Å². The summed E-state index contributed by atoms with van der Waals surface area (Å²) in [7, 11) is 0. The molecule has 0 atom stereocenters. The molecule has 0 bridgehead atoms. The summed E-state index contributed by atoms with van der Waals surface area (Å²) in [5, 5.41) is 7.75. The van der Waals surface area contributed by atoms with Crippen molar-refractivity contribution >= 4 is 35.0 Å². The number of halogens is 2. The van der Waals surface area contributed by atoms with Crippen molar-refractivity contribution in [3.63, 3.8) is 0 Å². The SMILES string of the molecule is O=C(NCC(=O)N1CCCCC1)c1cnn(-c2ccc(Cl)cc2Cl)c1. The highest BCUT2D eigenvalue weighted by Crippen LogP contribution is 2.24. The van der Waals surface area contributed by atoms with Gasteiger partial charge in [-0.2, -0.15) is 5.10 Å². The minimum atomic E-state index is -0.346. The molecule has 1 aliphatic heterocycles. The van der Waals surface area contributed by atoms with Gasteiger partial charge in [0.05, 0.1) is 29.0 Å². The molecule has 6 nitrogen and oxygen atoms in total. The van der Waals surface area contributed by atoms with Gasteiger partial charge in [0.25, 0.3) is 5.91 Å². The van der Waals surface area contributed by atoms with Crippen molar-refractivity contribution in [2.24, 2.45) is 0 Å². The fourth-order valence-corrected chi connectivity index (χ4v) is 3.25. The molecule has 1 N–H and O–H groups in total. The van der Waals surface area contributed by atoms with Crippen LogP contribution in [0.25, 0.3) is 5.69 Å². The maximum Gasteiger partial charge on any atom is 0.254 e. The summed E-state index contributed by atoms with van der Waals surface area (Å²) in [6.07, 6.45) is 6.20. The number of hydrogen-bond acceptors (Lipinski definition) is 3. The van der Waals surface area contributed by atoms with E-state index in [2.05, 4.69) is 10.4 Å². The monoisotopic (exact) mass is 380 g/mol. The van der Waals surface area contributed by atoms with Crippen LogP contribution in [0.15, 0.2) is 30.6 Å². The van der Waals surface area contributed by atoms with E-state index >= 15 is 0 Å². The second-order valence-electron chi connectivity index (χ2n) is 5.89. The number of amides is 2. The van der Waals surface area contributed by atoms with Gasteiger partial charge in [0.15, 0.2) is 0 Å². The molecule has 0 unspecified atom stereocenters. The lowest BCUT2D eigenvalue weighted by atomic mass is 10.1. The van der Waals surface area contributed by atoms with Gasteiger partial charge < -0.3 is 10.2 Å². The molecule has 1 saturated heterocycles. The van der Waals surface area contributed by atoms with E-state index in [4.69, 9.17) is 23.2 Å². The third-order valence-electron chi connectivity index (χ3n) is 4.11. The summed E-state index contributed by atoms with van der Waals surface area (Å²) in [6, 6.07) is 5.03. The molecule has 1 aliphatic rings. The Morgan fingerprint density at radius 2 is 1.92 bits per heavy atom. The topological polar surface area (TPSA) is 67.2 Å². The molecule has 1 aromatic carbocycles. The minimum absolute atomic E-state index is 0.00822. The van der Waals surface area contributed by atoms with Gasteiger partial charge in [0.1, 0.15) is 0 Å². The van der Waals surface area contributed by atoms with Crippen molar-refractivity contribution in [2.45, 2.75) is 19.3 Å². The van der Waals surface area contributed by atoms with E-state index in [0.717, 1.165) is 32.4 Å². The third kappa shape index (κ3) is 4.32. The van der Waals surface area contributed by atoms with Crippen LogP contribution in [0.2, 0.25) is 10.0 Å². The second kappa shape index (κ2) is 7.89. The Morgan fingerprint density at radius 1 is 1.16 bits per heavy atom. The molecule has 3 rings (SSSR count). The average molecular weight is 381 g/mol. The Labute approximate surface area is 155 Å². The molecule has 2 aromatic rings. The Morgan fingerprint density at radius 3 is 2.64 bits per heavy atom. The quantitative estimate of drug-likeness (QED) is 0.886. The molecule has 132 valence electrons. The molecule has 0 radical (unpaired) electrons. The fourth-order valence-electron chi connectivity index (χ4n) is 2.75. The van der Waals surface area contributed by atoms with Crippen LogP contribution in [0, 0.1) is 0 Å². The Hall–Kier alpha value is -2.05. The van der Waals surface area contributed by atoms with E-state index in [-0.39, 0.29) is 18.4 Å². The minimum Gasteiger partial charge on any atom is -0.343 e. The number of carbonyl (C=O) groups is 2. The van der Waals surface area contributed by atoms with Gasteiger partial charge in [-0.15, -0.1) is 0 Å². The van der Waals surface area contributed by atoms with Crippen molar-refractivity contribution in [1.29, 1.82) is 0 Å². The molecule has 2 heterocycles. The zero-order valence-electron chi connectivity index (χ0n) is 13.5. The van der Waals surface area contributed by atoms with Crippen molar-refractivity contribution in [3.8, 4) is 5.69 Å². The largest absolute Gasteiger partial charge is 0.343 e. The number of nitrogens with one attached hydrogen (secondary N) is 1. The Kier molecular flexibility index (Phi) is 5.60. The van der Waals surface area contributed by atoms with Crippen molar-refractivity contribution in [1.82, 2.24) is 20.0 Å². The molecule has 1 aromatic heterocycles. The highest BCUT2D eigenvalue weighted by molar-refractivity contribution is 6.35. The molecular formula is C17H18Cl2N4O2. The standard InChI is InChI=1S/C17H18Cl2N4O2/c18-13-4-5-15(14(19)8-13)23-11-12(9-21-23)17(25)20-10-16(24)22-6-2-1-3-7-22/h4-5,8-9,11H,1-3,6-7,10H2,(H,20,25). The molecular weight excluding hydrogens is 363 g/mol. The zero-order chi connectivity index (χ0) is 17.8. The first-order chi connectivity index (χ1) is 12.0. The Balaban J connectivity index is 1.61. The molecule has 8 heteroatoms. The van der Waals surface area contributed by atoms with Gasteiger partial charge in [-0.05, 0) is 37.5 Å². The number of carbonyl (C=O) groups excluding carboxylic acids is 2. The highest BCUT2D eigenvalue weighted by atomic mass is 35.5. The van der Waals surface area contributed by atoms with Crippen molar-refractivity contribution in [3.05, 3.63) is 46.2 Å². The van der Waals surface area contributed by atoms with Crippen LogP contribution in [0.3, 0.4) is 0 Å². The van der Waals surface area contributed by atoms with Gasteiger partial charge in [0, 0.05) is 24.3 Å².